The highest BCUT2D eigenvalue weighted by Gasteiger charge is 2.14. The summed E-state index contributed by atoms with van der Waals surface area (Å²) in [5.41, 5.74) is 1.68. The van der Waals surface area contributed by atoms with Gasteiger partial charge in [0.2, 0.25) is 0 Å². The number of nitrogens with zero attached hydrogens (tertiary/aromatic N) is 2. The average Bonchev–Trinajstić information content (AvgIpc) is 2.93. The van der Waals surface area contributed by atoms with E-state index in [4.69, 9.17) is 4.74 Å². The van der Waals surface area contributed by atoms with Gasteiger partial charge in [0, 0.05) is 6.54 Å². The number of ether oxygens (including phenoxy) is 1. The van der Waals surface area contributed by atoms with Crippen molar-refractivity contribution in [2.75, 3.05) is 6.61 Å². The van der Waals surface area contributed by atoms with Gasteiger partial charge in [-0.1, -0.05) is 26.0 Å². The van der Waals surface area contributed by atoms with Crippen LogP contribution in [0.5, 0.6) is 5.75 Å². The molecule has 0 aliphatic rings. The van der Waals surface area contributed by atoms with E-state index in [1.807, 2.05) is 28.8 Å². The number of hydrogen-bond donors (Lipinski definition) is 1. The van der Waals surface area contributed by atoms with E-state index in [-0.39, 0.29) is 0 Å². The Morgan fingerprint density at radius 2 is 1.95 bits per heavy atom. The Morgan fingerprint density at radius 3 is 2.60 bits per heavy atom. The van der Waals surface area contributed by atoms with Crippen molar-refractivity contribution in [1.82, 2.24) is 9.55 Å². The minimum Gasteiger partial charge on any atom is -0.494 e. The van der Waals surface area contributed by atoms with E-state index >= 15 is 0 Å². The zero-order chi connectivity index (χ0) is 14.4. The molecule has 0 saturated heterocycles. The van der Waals surface area contributed by atoms with Crippen molar-refractivity contribution < 1.29 is 9.84 Å². The Kier molecular flexibility index (Phi) is 5.18. The first-order valence-corrected chi connectivity index (χ1v) is 7.17. The van der Waals surface area contributed by atoms with Gasteiger partial charge in [-0.3, -0.25) is 0 Å². The molecule has 108 valence electrons. The summed E-state index contributed by atoms with van der Waals surface area (Å²) in [5.74, 6) is 0.838. The molecule has 1 heterocycles. The lowest BCUT2D eigenvalue weighted by Gasteiger charge is -2.14. The molecule has 0 saturated carbocycles. The lowest BCUT2D eigenvalue weighted by atomic mass is 10.1. The summed E-state index contributed by atoms with van der Waals surface area (Å²) < 4.78 is 7.54. The van der Waals surface area contributed by atoms with Crippen LogP contribution in [0.2, 0.25) is 0 Å². The number of aliphatic hydroxyl groups is 1. The van der Waals surface area contributed by atoms with Gasteiger partial charge < -0.3 is 14.4 Å². The van der Waals surface area contributed by atoms with Crippen molar-refractivity contribution in [2.45, 2.75) is 39.3 Å². The van der Waals surface area contributed by atoms with E-state index in [1.165, 1.54) is 0 Å². The number of benzene rings is 1. The van der Waals surface area contributed by atoms with Crippen LogP contribution in [0.3, 0.4) is 0 Å². The molecule has 0 fully saturated rings. The Hall–Kier alpha value is -1.81. The van der Waals surface area contributed by atoms with Gasteiger partial charge in [0.15, 0.2) is 0 Å². The number of rotatable bonds is 7. The van der Waals surface area contributed by atoms with E-state index in [1.54, 1.807) is 12.5 Å². The fourth-order valence-electron chi connectivity index (χ4n) is 2.12. The number of aryl methyl sites for hydroxylation is 1. The molecule has 1 aromatic carbocycles. The fourth-order valence-corrected chi connectivity index (χ4v) is 2.12. The predicted molar refractivity (Wildman–Crippen MR) is 78.8 cm³/mol. The molecule has 4 nitrogen and oxygen atoms in total. The molecule has 2 aromatic rings. The summed E-state index contributed by atoms with van der Waals surface area (Å²) in [4.78, 5) is 4.12. The Morgan fingerprint density at radius 1 is 1.20 bits per heavy atom. The van der Waals surface area contributed by atoms with Crippen LogP contribution < -0.4 is 4.74 Å². The van der Waals surface area contributed by atoms with Crippen molar-refractivity contribution in [1.29, 1.82) is 0 Å². The number of hydrogen-bond acceptors (Lipinski definition) is 3. The van der Waals surface area contributed by atoms with E-state index in [2.05, 4.69) is 18.8 Å². The summed E-state index contributed by atoms with van der Waals surface area (Å²) in [6.45, 7) is 5.76. The second kappa shape index (κ2) is 7.10. The molecule has 0 spiro atoms. The normalized spacial score (nSPS) is 12.3. The molecule has 20 heavy (non-hydrogen) atoms. The molecule has 1 unspecified atom stereocenters. The molecule has 0 aliphatic heterocycles. The van der Waals surface area contributed by atoms with Gasteiger partial charge in [0.1, 0.15) is 11.9 Å². The molecule has 4 heteroatoms. The molecule has 1 aromatic heterocycles. The molecular formula is C16H22N2O2. The van der Waals surface area contributed by atoms with Gasteiger partial charge >= 0.3 is 0 Å². The maximum atomic E-state index is 10.5. The average molecular weight is 274 g/mol. The van der Waals surface area contributed by atoms with Crippen LogP contribution in [0, 0.1) is 0 Å². The van der Waals surface area contributed by atoms with Crippen molar-refractivity contribution in [3.8, 4) is 5.75 Å². The van der Waals surface area contributed by atoms with Crippen LogP contribution in [0.1, 0.15) is 44.1 Å². The zero-order valence-electron chi connectivity index (χ0n) is 12.1. The van der Waals surface area contributed by atoms with Gasteiger partial charge in [-0.05, 0) is 30.5 Å². The third-order valence-corrected chi connectivity index (χ3v) is 3.16. The lowest BCUT2D eigenvalue weighted by molar-refractivity contribution is 0.209. The van der Waals surface area contributed by atoms with Crippen LogP contribution >= 0.6 is 0 Å². The molecule has 0 amide bonds. The third-order valence-electron chi connectivity index (χ3n) is 3.16. The SMILES string of the molecule is CCCOc1ccc(C(O)c2cncn2CCC)cc1. The first-order valence-electron chi connectivity index (χ1n) is 7.17. The Bertz CT molecular complexity index is 520. The minimum atomic E-state index is -0.649. The minimum absolute atomic E-state index is 0.649. The maximum Gasteiger partial charge on any atom is 0.121 e. The highest BCUT2D eigenvalue weighted by molar-refractivity contribution is 5.31. The summed E-state index contributed by atoms with van der Waals surface area (Å²) >= 11 is 0. The van der Waals surface area contributed by atoms with Gasteiger partial charge in [0.05, 0.1) is 24.8 Å². The van der Waals surface area contributed by atoms with E-state index < -0.39 is 6.10 Å². The van der Waals surface area contributed by atoms with Crippen molar-refractivity contribution in [3.63, 3.8) is 0 Å². The molecule has 0 bridgehead atoms. The maximum absolute atomic E-state index is 10.5. The Labute approximate surface area is 120 Å². The smallest absolute Gasteiger partial charge is 0.121 e. The van der Waals surface area contributed by atoms with Gasteiger partial charge in [-0.2, -0.15) is 0 Å². The summed E-state index contributed by atoms with van der Waals surface area (Å²) in [6, 6.07) is 7.60. The van der Waals surface area contributed by atoms with E-state index in [9.17, 15) is 5.11 Å². The molecule has 1 N–H and O–H groups in total. The van der Waals surface area contributed by atoms with Gasteiger partial charge in [-0.15, -0.1) is 0 Å². The van der Waals surface area contributed by atoms with Crippen LogP contribution in [0.4, 0.5) is 0 Å². The number of aromatic nitrogens is 2. The molecule has 2 rings (SSSR count). The molecule has 1 atom stereocenters. The largest absolute Gasteiger partial charge is 0.494 e. The highest BCUT2D eigenvalue weighted by atomic mass is 16.5. The van der Waals surface area contributed by atoms with Crippen molar-refractivity contribution in [3.05, 3.63) is 48.0 Å². The van der Waals surface area contributed by atoms with Crippen LogP contribution in [-0.4, -0.2) is 21.3 Å². The highest BCUT2D eigenvalue weighted by Crippen LogP contribution is 2.24. The second-order valence-electron chi connectivity index (χ2n) is 4.83. The standard InChI is InChI=1S/C16H22N2O2/c1-3-9-18-12-17-11-15(18)16(19)13-5-7-14(8-6-13)20-10-4-2/h5-8,11-12,16,19H,3-4,9-10H2,1-2H3. The van der Waals surface area contributed by atoms with Crippen molar-refractivity contribution >= 4 is 0 Å². The summed E-state index contributed by atoms with van der Waals surface area (Å²) in [7, 11) is 0. The topological polar surface area (TPSA) is 47.3 Å². The third kappa shape index (κ3) is 3.39. The van der Waals surface area contributed by atoms with Crippen LogP contribution in [0.15, 0.2) is 36.8 Å². The first kappa shape index (κ1) is 14.6. The van der Waals surface area contributed by atoms with E-state index in [0.717, 1.165) is 36.4 Å². The lowest BCUT2D eigenvalue weighted by Crippen LogP contribution is -2.08. The molecule has 0 aliphatic carbocycles. The number of imidazole rings is 1. The predicted octanol–water partition coefficient (Wildman–Crippen LogP) is 3.16. The summed E-state index contributed by atoms with van der Waals surface area (Å²) in [5, 5.41) is 10.5. The molecule has 0 radical (unpaired) electrons. The van der Waals surface area contributed by atoms with Gasteiger partial charge in [0.25, 0.3) is 0 Å². The summed E-state index contributed by atoms with van der Waals surface area (Å²) in [6.07, 6.45) is 4.84. The van der Waals surface area contributed by atoms with Crippen LogP contribution in [0.25, 0.3) is 0 Å². The second-order valence-corrected chi connectivity index (χ2v) is 4.83. The van der Waals surface area contributed by atoms with Gasteiger partial charge in [-0.25, -0.2) is 4.98 Å². The Balaban J connectivity index is 2.12. The quantitative estimate of drug-likeness (QED) is 0.843. The van der Waals surface area contributed by atoms with Crippen LogP contribution in [-0.2, 0) is 6.54 Å². The van der Waals surface area contributed by atoms with Crippen molar-refractivity contribution in [2.24, 2.45) is 0 Å². The first-order chi connectivity index (χ1) is 9.76. The fraction of sp³-hybridized carbons (Fsp3) is 0.438. The molecular weight excluding hydrogens is 252 g/mol. The van der Waals surface area contributed by atoms with E-state index in [0.29, 0.717) is 6.61 Å². The monoisotopic (exact) mass is 274 g/mol. The zero-order valence-corrected chi connectivity index (χ0v) is 12.1. The number of aliphatic hydroxyl groups excluding tert-OH is 1.